The van der Waals surface area contributed by atoms with Gasteiger partial charge in [0, 0.05) is 29.8 Å². The molecule has 1 spiro atoms. The van der Waals surface area contributed by atoms with Crippen molar-refractivity contribution in [1.29, 1.82) is 0 Å². The standard InChI is InChI=1S/C19H23NO5/c1-12-14-4-3-5-15(22-2)17(14)25-16(12)18(21)20-13-6-8-19(9-7-13)23-10-11-24-19/h3-5,13H,6-11H2,1-2H3,(H,20,21). The first kappa shape index (κ1) is 16.4. The van der Waals surface area contributed by atoms with E-state index in [1.54, 1.807) is 7.11 Å². The molecular weight excluding hydrogens is 322 g/mol. The van der Waals surface area contributed by atoms with Gasteiger partial charge in [-0.1, -0.05) is 12.1 Å². The van der Waals surface area contributed by atoms with Crippen molar-refractivity contribution in [3.8, 4) is 5.75 Å². The van der Waals surface area contributed by atoms with Crippen molar-refractivity contribution in [2.24, 2.45) is 0 Å². The van der Waals surface area contributed by atoms with Gasteiger partial charge in [-0.3, -0.25) is 4.79 Å². The van der Waals surface area contributed by atoms with Gasteiger partial charge in [0.15, 0.2) is 22.9 Å². The van der Waals surface area contributed by atoms with E-state index in [2.05, 4.69) is 5.32 Å². The first-order valence-electron chi connectivity index (χ1n) is 8.77. The molecule has 0 atom stereocenters. The minimum absolute atomic E-state index is 0.112. The molecule has 0 bridgehead atoms. The van der Waals surface area contributed by atoms with Crippen LogP contribution in [0.1, 0.15) is 41.8 Å². The first-order chi connectivity index (χ1) is 12.1. The minimum Gasteiger partial charge on any atom is -0.493 e. The highest BCUT2D eigenvalue weighted by atomic mass is 16.7. The van der Waals surface area contributed by atoms with Crippen LogP contribution in [-0.2, 0) is 9.47 Å². The lowest BCUT2D eigenvalue weighted by atomic mass is 9.90. The highest BCUT2D eigenvalue weighted by molar-refractivity contribution is 6.00. The molecule has 2 fully saturated rings. The van der Waals surface area contributed by atoms with E-state index in [0.29, 0.717) is 30.3 Å². The molecule has 2 aliphatic rings. The number of carbonyl (C=O) groups is 1. The van der Waals surface area contributed by atoms with Crippen LogP contribution in [0.25, 0.3) is 11.0 Å². The van der Waals surface area contributed by atoms with Crippen molar-refractivity contribution in [3.63, 3.8) is 0 Å². The number of para-hydroxylation sites is 1. The molecule has 1 saturated carbocycles. The molecule has 6 nitrogen and oxygen atoms in total. The maximum Gasteiger partial charge on any atom is 0.287 e. The lowest BCUT2D eigenvalue weighted by Gasteiger charge is -2.35. The average molecular weight is 345 g/mol. The number of benzene rings is 1. The first-order valence-corrected chi connectivity index (χ1v) is 8.77. The van der Waals surface area contributed by atoms with E-state index in [9.17, 15) is 4.79 Å². The van der Waals surface area contributed by atoms with Crippen molar-refractivity contribution >= 4 is 16.9 Å². The van der Waals surface area contributed by atoms with E-state index >= 15 is 0 Å². The number of hydrogen-bond acceptors (Lipinski definition) is 5. The van der Waals surface area contributed by atoms with Gasteiger partial charge in [0.1, 0.15) is 0 Å². The summed E-state index contributed by atoms with van der Waals surface area (Å²) in [5.41, 5.74) is 1.45. The Balaban J connectivity index is 1.48. The normalized spacial score (nSPS) is 20.2. The molecule has 1 aromatic heterocycles. The fraction of sp³-hybridized carbons (Fsp3) is 0.526. The van der Waals surface area contributed by atoms with Crippen LogP contribution in [0.4, 0.5) is 0 Å². The number of fused-ring (bicyclic) bond motifs is 1. The second-order valence-corrected chi connectivity index (χ2v) is 6.75. The number of amides is 1. The number of rotatable bonds is 3. The van der Waals surface area contributed by atoms with Crippen LogP contribution >= 0.6 is 0 Å². The summed E-state index contributed by atoms with van der Waals surface area (Å²) in [6.07, 6.45) is 3.30. The SMILES string of the molecule is COc1cccc2c(C)c(C(=O)NC3CCC4(CC3)OCCO4)oc12. The Hall–Kier alpha value is -2.05. The third-order valence-electron chi connectivity index (χ3n) is 5.25. The van der Waals surface area contributed by atoms with Crippen LogP contribution in [0.15, 0.2) is 22.6 Å². The Morgan fingerprint density at radius 1 is 1.24 bits per heavy atom. The van der Waals surface area contributed by atoms with Crippen molar-refractivity contribution in [2.45, 2.75) is 44.4 Å². The molecule has 2 heterocycles. The zero-order chi connectivity index (χ0) is 17.4. The number of methoxy groups -OCH3 is 1. The highest BCUT2D eigenvalue weighted by Crippen LogP contribution is 2.36. The Bertz CT molecular complexity index is 780. The predicted molar refractivity (Wildman–Crippen MR) is 91.9 cm³/mol. The molecule has 1 N–H and O–H groups in total. The molecule has 1 aliphatic carbocycles. The molecule has 1 aliphatic heterocycles. The number of aryl methyl sites for hydroxylation is 1. The van der Waals surface area contributed by atoms with E-state index in [1.807, 2.05) is 25.1 Å². The second-order valence-electron chi connectivity index (χ2n) is 6.75. The van der Waals surface area contributed by atoms with Gasteiger partial charge in [-0.15, -0.1) is 0 Å². The number of carbonyl (C=O) groups excluding carboxylic acids is 1. The highest BCUT2D eigenvalue weighted by Gasteiger charge is 2.40. The number of ether oxygens (including phenoxy) is 3. The molecule has 0 radical (unpaired) electrons. The fourth-order valence-electron chi connectivity index (χ4n) is 3.83. The van der Waals surface area contributed by atoms with E-state index in [4.69, 9.17) is 18.6 Å². The van der Waals surface area contributed by atoms with Crippen LogP contribution in [0.2, 0.25) is 0 Å². The van der Waals surface area contributed by atoms with Crippen molar-refractivity contribution < 1.29 is 23.4 Å². The van der Waals surface area contributed by atoms with Crippen molar-refractivity contribution in [1.82, 2.24) is 5.32 Å². The van der Waals surface area contributed by atoms with Crippen LogP contribution in [0.3, 0.4) is 0 Å². The van der Waals surface area contributed by atoms with Gasteiger partial charge in [0.05, 0.1) is 20.3 Å². The quantitative estimate of drug-likeness (QED) is 0.925. The Morgan fingerprint density at radius 2 is 1.96 bits per heavy atom. The maximum absolute atomic E-state index is 12.7. The summed E-state index contributed by atoms with van der Waals surface area (Å²) < 4.78 is 22.6. The van der Waals surface area contributed by atoms with Gasteiger partial charge in [0.25, 0.3) is 5.91 Å². The van der Waals surface area contributed by atoms with Gasteiger partial charge in [-0.05, 0) is 25.8 Å². The van der Waals surface area contributed by atoms with Gasteiger partial charge in [-0.2, -0.15) is 0 Å². The van der Waals surface area contributed by atoms with Gasteiger partial charge < -0.3 is 23.9 Å². The second kappa shape index (κ2) is 6.35. The van der Waals surface area contributed by atoms with Crippen LogP contribution < -0.4 is 10.1 Å². The Kier molecular flexibility index (Phi) is 4.17. The molecular formula is C19H23NO5. The van der Waals surface area contributed by atoms with Crippen LogP contribution in [0, 0.1) is 6.92 Å². The Morgan fingerprint density at radius 3 is 2.64 bits per heavy atom. The van der Waals surface area contributed by atoms with E-state index in [1.165, 1.54) is 0 Å². The summed E-state index contributed by atoms with van der Waals surface area (Å²) in [6, 6.07) is 5.77. The lowest BCUT2D eigenvalue weighted by Crippen LogP contribution is -2.44. The summed E-state index contributed by atoms with van der Waals surface area (Å²) in [5, 5.41) is 4.00. The van der Waals surface area contributed by atoms with Crippen molar-refractivity contribution in [2.75, 3.05) is 20.3 Å². The molecule has 0 unspecified atom stereocenters. The number of hydrogen-bond donors (Lipinski definition) is 1. The summed E-state index contributed by atoms with van der Waals surface area (Å²) >= 11 is 0. The largest absolute Gasteiger partial charge is 0.493 e. The summed E-state index contributed by atoms with van der Waals surface area (Å²) in [5.74, 6) is 0.400. The lowest BCUT2D eigenvalue weighted by molar-refractivity contribution is -0.179. The molecule has 1 amide bonds. The maximum atomic E-state index is 12.7. The van der Waals surface area contributed by atoms with Crippen LogP contribution in [0.5, 0.6) is 5.75 Å². The van der Waals surface area contributed by atoms with E-state index < -0.39 is 5.79 Å². The molecule has 1 saturated heterocycles. The minimum atomic E-state index is -0.413. The third kappa shape index (κ3) is 2.89. The van der Waals surface area contributed by atoms with E-state index in [0.717, 1.165) is 36.6 Å². The molecule has 25 heavy (non-hydrogen) atoms. The molecule has 6 heteroatoms. The fourth-order valence-corrected chi connectivity index (χ4v) is 3.83. The topological polar surface area (TPSA) is 69.9 Å². The zero-order valence-corrected chi connectivity index (χ0v) is 14.6. The number of nitrogens with one attached hydrogen (secondary N) is 1. The average Bonchev–Trinajstić information content (AvgIpc) is 3.22. The molecule has 134 valence electrons. The molecule has 1 aromatic carbocycles. The van der Waals surface area contributed by atoms with Gasteiger partial charge in [0.2, 0.25) is 0 Å². The van der Waals surface area contributed by atoms with E-state index in [-0.39, 0.29) is 11.9 Å². The number of furan rings is 1. The summed E-state index contributed by atoms with van der Waals surface area (Å²) in [4.78, 5) is 12.7. The summed E-state index contributed by atoms with van der Waals surface area (Å²) in [6.45, 7) is 3.23. The van der Waals surface area contributed by atoms with Crippen molar-refractivity contribution in [3.05, 3.63) is 29.5 Å². The molecule has 2 aromatic rings. The smallest absolute Gasteiger partial charge is 0.287 e. The van der Waals surface area contributed by atoms with Gasteiger partial charge in [-0.25, -0.2) is 0 Å². The zero-order valence-electron chi connectivity index (χ0n) is 14.6. The molecule has 4 rings (SSSR count). The summed E-state index contributed by atoms with van der Waals surface area (Å²) in [7, 11) is 1.59. The third-order valence-corrected chi connectivity index (χ3v) is 5.25. The predicted octanol–water partition coefficient (Wildman–Crippen LogP) is 3.17. The van der Waals surface area contributed by atoms with Crippen LogP contribution in [-0.4, -0.2) is 38.1 Å². The van der Waals surface area contributed by atoms with Gasteiger partial charge >= 0.3 is 0 Å². The Labute approximate surface area is 146 Å². The monoisotopic (exact) mass is 345 g/mol.